The van der Waals surface area contributed by atoms with Gasteiger partial charge in [-0.15, -0.1) is 22.7 Å². The van der Waals surface area contributed by atoms with Crippen LogP contribution in [0.3, 0.4) is 0 Å². The summed E-state index contributed by atoms with van der Waals surface area (Å²) < 4.78 is 12.2. The van der Waals surface area contributed by atoms with E-state index in [4.69, 9.17) is 9.47 Å². The largest absolute Gasteiger partial charge is 0.372 e. The molecule has 2 saturated heterocycles. The molecule has 0 N–H and O–H groups in total. The molecule has 0 bridgehead atoms. The van der Waals surface area contributed by atoms with E-state index in [1.54, 1.807) is 22.7 Å². The fourth-order valence-electron chi connectivity index (χ4n) is 3.58. The molecule has 0 amide bonds. The molecule has 2 fully saturated rings. The molecular formula is C17H23N3O2S2. The SMILES string of the molecule is Cc1nc(CO[C@@H]2CCOC3(C2)CN(Cc2scnc2C)C3)cs1. The molecule has 2 aromatic rings. The number of hydrogen-bond acceptors (Lipinski definition) is 7. The second-order valence-electron chi connectivity index (χ2n) is 6.82. The molecule has 0 unspecified atom stereocenters. The molecule has 130 valence electrons. The fraction of sp³-hybridized carbons (Fsp3) is 0.647. The number of thiazole rings is 2. The number of nitrogens with zero attached hydrogens (tertiary/aromatic N) is 3. The highest BCUT2D eigenvalue weighted by atomic mass is 32.1. The highest BCUT2D eigenvalue weighted by Gasteiger charge is 2.47. The molecule has 2 aliphatic rings. The predicted molar refractivity (Wildman–Crippen MR) is 95.5 cm³/mol. The molecule has 0 aliphatic carbocycles. The van der Waals surface area contributed by atoms with Crippen LogP contribution in [0.15, 0.2) is 10.9 Å². The first-order chi connectivity index (χ1) is 11.6. The van der Waals surface area contributed by atoms with Crippen molar-refractivity contribution in [2.75, 3.05) is 19.7 Å². The predicted octanol–water partition coefficient (Wildman–Crippen LogP) is 3.17. The van der Waals surface area contributed by atoms with Crippen molar-refractivity contribution in [3.63, 3.8) is 0 Å². The van der Waals surface area contributed by atoms with Gasteiger partial charge in [-0.1, -0.05) is 0 Å². The van der Waals surface area contributed by atoms with E-state index in [1.165, 1.54) is 4.88 Å². The van der Waals surface area contributed by atoms with E-state index in [1.807, 2.05) is 12.4 Å². The minimum absolute atomic E-state index is 0.000495. The molecule has 2 aliphatic heterocycles. The van der Waals surface area contributed by atoms with Gasteiger partial charge < -0.3 is 9.47 Å². The van der Waals surface area contributed by atoms with E-state index in [0.717, 1.165) is 55.5 Å². The Morgan fingerprint density at radius 3 is 2.96 bits per heavy atom. The lowest BCUT2D eigenvalue weighted by Gasteiger charge is -2.53. The summed E-state index contributed by atoms with van der Waals surface area (Å²) in [5, 5.41) is 3.19. The van der Waals surface area contributed by atoms with E-state index in [0.29, 0.717) is 6.61 Å². The Morgan fingerprint density at radius 2 is 2.25 bits per heavy atom. The van der Waals surface area contributed by atoms with Crippen LogP contribution in [0.4, 0.5) is 0 Å². The number of rotatable bonds is 5. The Bertz CT molecular complexity index is 694. The first-order valence-corrected chi connectivity index (χ1v) is 10.2. The van der Waals surface area contributed by atoms with E-state index >= 15 is 0 Å². The molecule has 1 atom stereocenters. The van der Waals surface area contributed by atoms with Gasteiger partial charge in [0.25, 0.3) is 0 Å². The van der Waals surface area contributed by atoms with E-state index < -0.39 is 0 Å². The maximum absolute atomic E-state index is 6.12. The molecule has 24 heavy (non-hydrogen) atoms. The van der Waals surface area contributed by atoms with Crippen LogP contribution in [-0.4, -0.2) is 46.3 Å². The standard InChI is InChI=1S/C17H23N3O2S2/c1-12-16(24-11-18-12)6-20-9-17(10-20)5-15(3-4-22-17)21-7-14-8-23-13(2)19-14/h8,11,15H,3-7,9-10H2,1-2H3/t15-/m1/s1. The van der Waals surface area contributed by atoms with Gasteiger partial charge in [0, 0.05) is 42.9 Å². The van der Waals surface area contributed by atoms with E-state index in [2.05, 4.69) is 27.2 Å². The van der Waals surface area contributed by atoms with Crippen LogP contribution >= 0.6 is 22.7 Å². The van der Waals surface area contributed by atoms with E-state index in [-0.39, 0.29) is 11.7 Å². The Hall–Kier alpha value is -0.860. The molecule has 0 aromatic carbocycles. The Kier molecular flexibility index (Phi) is 4.70. The Balaban J connectivity index is 1.27. The van der Waals surface area contributed by atoms with Gasteiger partial charge in [-0.25, -0.2) is 9.97 Å². The highest BCUT2D eigenvalue weighted by molar-refractivity contribution is 7.09. The first kappa shape index (κ1) is 16.6. The summed E-state index contributed by atoms with van der Waals surface area (Å²) in [6.45, 7) is 8.53. The third-order valence-corrected chi connectivity index (χ3v) is 6.56. The molecule has 7 heteroatoms. The van der Waals surface area contributed by atoms with Gasteiger partial charge >= 0.3 is 0 Å². The van der Waals surface area contributed by atoms with Crippen molar-refractivity contribution in [2.24, 2.45) is 0 Å². The second-order valence-corrected chi connectivity index (χ2v) is 8.82. The van der Waals surface area contributed by atoms with Gasteiger partial charge in [-0.05, 0) is 20.3 Å². The summed E-state index contributed by atoms with van der Waals surface area (Å²) in [6.07, 6.45) is 2.26. The summed E-state index contributed by atoms with van der Waals surface area (Å²) >= 11 is 3.43. The molecular weight excluding hydrogens is 342 g/mol. The smallest absolute Gasteiger partial charge is 0.0959 e. The number of ether oxygens (including phenoxy) is 2. The summed E-state index contributed by atoms with van der Waals surface area (Å²) in [7, 11) is 0. The number of aryl methyl sites for hydroxylation is 2. The third-order valence-electron chi connectivity index (χ3n) is 4.82. The van der Waals surface area contributed by atoms with Gasteiger partial charge in [0.1, 0.15) is 0 Å². The minimum atomic E-state index is -0.000495. The average molecular weight is 366 g/mol. The molecule has 0 radical (unpaired) electrons. The lowest BCUT2D eigenvalue weighted by Crippen LogP contribution is -2.65. The van der Waals surface area contributed by atoms with Crippen molar-refractivity contribution >= 4 is 22.7 Å². The minimum Gasteiger partial charge on any atom is -0.372 e. The zero-order valence-electron chi connectivity index (χ0n) is 14.2. The van der Waals surface area contributed by atoms with Crippen molar-refractivity contribution in [2.45, 2.75) is 51.5 Å². The van der Waals surface area contributed by atoms with Crippen molar-refractivity contribution in [1.82, 2.24) is 14.9 Å². The van der Waals surface area contributed by atoms with Crippen molar-refractivity contribution in [1.29, 1.82) is 0 Å². The molecule has 2 aromatic heterocycles. The van der Waals surface area contributed by atoms with Gasteiger partial charge in [0.2, 0.25) is 0 Å². The lowest BCUT2D eigenvalue weighted by molar-refractivity contribution is -0.200. The van der Waals surface area contributed by atoms with Gasteiger partial charge in [0.15, 0.2) is 0 Å². The van der Waals surface area contributed by atoms with Crippen molar-refractivity contribution in [3.05, 3.63) is 32.2 Å². The maximum Gasteiger partial charge on any atom is 0.0959 e. The van der Waals surface area contributed by atoms with Crippen LogP contribution in [0.1, 0.15) is 34.1 Å². The van der Waals surface area contributed by atoms with Gasteiger partial charge in [-0.3, -0.25) is 4.90 Å². The molecule has 4 rings (SSSR count). The quantitative estimate of drug-likeness (QED) is 0.814. The summed E-state index contributed by atoms with van der Waals surface area (Å²) in [5.41, 5.74) is 4.14. The van der Waals surface area contributed by atoms with Crippen LogP contribution in [-0.2, 0) is 22.6 Å². The van der Waals surface area contributed by atoms with Crippen molar-refractivity contribution in [3.8, 4) is 0 Å². The fourth-order valence-corrected chi connectivity index (χ4v) is 5.00. The third kappa shape index (κ3) is 3.55. The highest BCUT2D eigenvalue weighted by Crippen LogP contribution is 2.36. The van der Waals surface area contributed by atoms with Crippen LogP contribution in [0.5, 0.6) is 0 Å². The zero-order chi connectivity index (χ0) is 16.6. The van der Waals surface area contributed by atoms with Crippen LogP contribution in [0, 0.1) is 13.8 Å². The van der Waals surface area contributed by atoms with E-state index in [9.17, 15) is 0 Å². The zero-order valence-corrected chi connectivity index (χ0v) is 15.8. The molecule has 1 spiro atoms. The Morgan fingerprint density at radius 1 is 1.38 bits per heavy atom. The maximum atomic E-state index is 6.12. The van der Waals surface area contributed by atoms with Crippen LogP contribution in [0.2, 0.25) is 0 Å². The van der Waals surface area contributed by atoms with Gasteiger partial charge in [0.05, 0.1) is 40.2 Å². The number of likely N-dealkylation sites (tertiary alicyclic amines) is 1. The summed E-state index contributed by atoms with van der Waals surface area (Å²) in [5.74, 6) is 0. The van der Waals surface area contributed by atoms with Gasteiger partial charge in [-0.2, -0.15) is 0 Å². The van der Waals surface area contributed by atoms with Crippen LogP contribution in [0.25, 0.3) is 0 Å². The Labute approximate surface area is 150 Å². The summed E-state index contributed by atoms with van der Waals surface area (Å²) in [6, 6.07) is 0. The molecule has 4 heterocycles. The van der Waals surface area contributed by atoms with Crippen LogP contribution < -0.4 is 0 Å². The summed E-state index contributed by atoms with van der Waals surface area (Å²) in [4.78, 5) is 12.6. The molecule has 5 nitrogen and oxygen atoms in total. The number of aromatic nitrogens is 2. The normalized spacial score (nSPS) is 23.5. The lowest BCUT2D eigenvalue weighted by atomic mass is 9.84. The monoisotopic (exact) mass is 365 g/mol. The number of hydrogen-bond donors (Lipinski definition) is 0. The van der Waals surface area contributed by atoms with Crippen molar-refractivity contribution < 1.29 is 9.47 Å². The topological polar surface area (TPSA) is 47.5 Å². The molecule has 0 saturated carbocycles. The first-order valence-electron chi connectivity index (χ1n) is 8.40. The second kappa shape index (κ2) is 6.80. The average Bonchev–Trinajstić information content (AvgIpc) is 3.13.